The Bertz CT molecular complexity index is 562. The fourth-order valence-electron chi connectivity index (χ4n) is 2.04. The van der Waals surface area contributed by atoms with Gasteiger partial charge >= 0.3 is 0 Å². The van der Waals surface area contributed by atoms with E-state index in [9.17, 15) is 0 Å². The molecule has 88 valence electrons. The van der Waals surface area contributed by atoms with Gasteiger partial charge in [-0.05, 0) is 12.8 Å². The van der Waals surface area contributed by atoms with Crippen molar-refractivity contribution in [2.45, 2.75) is 12.8 Å². The van der Waals surface area contributed by atoms with Crippen LogP contribution in [-0.2, 0) is 0 Å². The lowest BCUT2D eigenvalue weighted by Crippen LogP contribution is -2.19. The zero-order valence-corrected chi connectivity index (χ0v) is 9.30. The van der Waals surface area contributed by atoms with E-state index in [0.29, 0.717) is 11.2 Å². The molecule has 7 nitrogen and oxygen atoms in total. The topological polar surface area (TPSA) is 107 Å². The summed E-state index contributed by atoms with van der Waals surface area (Å²) in [6, 6.07) is 0. The lowest BCUT2D eigenvalue weighted by Gasteiger charge is -2.15. The number of hydrogen-bond acceptors (Lipinski definition) is 7. The van der Waals surface area contributed by atoms with Crippen LogP contribution in [0.25, 0.3) is 11.2 Å². The molecule has 1 fully saturated rings. The largest absolute Gasteiger partial charge is 0.382 e. The van der Waals surface area contributed by atoms with Crippen molar-refractivity contribution in [2.24, 2.45) is 0 Å². The quantitative estimate of drug-likeness (QED) is 0.721. The van der Waals surface area contributed by atoms with E-state index in [1.165, 1.54) is 12.8 Å². The third-order valence-corrected chi connectivity index (χ3v) is 2.87. The van der Waals surface area contributed by atoms with Gasteiger partial charge in [-0.25, -0.2) is 9.97 Å². The molecule has 0 atom stereocenters. The molecular weight excluding hydrogens is 218 g/mol. The number of hydrogen-bond donors (Lipinski definition) is 2. The van der Waals surface area contributed by atoms with Crippen molar-refractivity contribution in [3.8, 4) is 0 Å². The van der Waals surface area contributed by atoms with Gasteiger partial charge in [0.25, 0.3) is 0 Å². The second-order valence-corrected chi connectivity index (χ2v) is 4.06. The lowest BCUT2D eigenvalue weighted by atomic mass is 10.4. The van der Waals surface area contributed by atoms with Gasteiger partial charge in [-0.15, -0.1) is 0 Å². The summed E-state index contributed by atoms with van der Waals surface area (Å²) in [6.07, 6.45) is 4.09. The van der Waals surface area contributed by atoms with Gasteiger partial charge in [0.1, 0.15) is 5.82 Å². The van der Waals surface area contributed by atoms with Crippen LogP contribution in [0.5, 0.6) is 0 Å². The van der Waals surface area contributed by atoms with E-state index in [1.807, 2.05) is 0 Å². The highest BCUT2D eigenvalue weighted by Gasteiger charge is 2.15. The molecule has 7 heteroatoms. The summed E-state index contributed by atoms with van der Waals surface area (Å²) in [5.74, 6) is 1.23. The van der Waals surface area contributed by atoms with Crippen LogP contribution in [0.4, 0.5) is 17.6 Å². The van der Waals surface area contributed by atoms with Crippen molar-refractivity contribution in [1.82, 2.24) is 19.9 Å². The van der Waals surface area contributed by atoms with E-state index < -0.39 is 0 Å². The smallest absolute Gasteiger partial charge is 0.224 e. The number of anilines is 3. The number of nitrogens with zero attached hydrogens (tertiary/aromatic N) is 5. The van der Waals surface area contributed by atoms with Crippen molar-refractivity contribution in [2.75, 3.05) is 29.5 Å². The first kappa shape index (κ1) is 10.0. The van der Waals surface area contributed by atoms with Crippen molar-refractivity contribution < 1.29 is 0 Å². The maximum absolute atomic E-state index is 5.71. The van der Waals surface area contributed by atoms with Crippen molar-refractivity contribution in [3.05, 3.63) is 6.20 Å². The van der Waals surface area contributed by atoms with Gasteiger partial charge in [0.15, 0.2) is 17.0 Å². The monoisotopic (exact) mass is 231 g/mol. The second-order valence-electron chi connectivity index (χ2n) is 4.06. The first-order chi connectivity index (χ1) is 8.24. The Morgan fingerprint density at radius 2 is 1.82 bits per heavy atom. The Hall–Kier alpha value is -2.18. The summed E-state index contributed by atoms with van der Waals surface area (Å²) in [6.45, 7) is 2.02. The molecule has 0 radical (unpaired) electrons. The lowest BCUT2D eigenvalue weighted by molar-refractivity contribution is 0.933. The predicted molar refractivity (Wildman–Crippen MR) is 65.4 cm³/mol. The van der Waals surface area contributed by atoms with Gasteiger partial charge in [-0.3, -0.25) is 0 Å². The molecule has 0 aliphatic carbocycles. The summed E-state index contributed by atoms with van der Waals surface area (Å²) < 4.78 is 0. The summed E-state index contributed by atoms with van der Waals surface area (Å²) >= 11 is 0. The average Bonchev–Trinajstić information content (AvgIpc) is 2.81. The Kier molecular flexibility index (Phi) is 2.17. The van der Waals surface area contributed by atoms with E-state index in [1.54, 1.807) is 6.20 Å². The van der Waals surface area contributed by atoms with E-state index in [0.717, 1.165) is 18.9 Å². The minimum absolute atomic E-state index is 0.128. The van der Waals surface area contributed by atoms with Gasteiger partial charge in [0.05, 0.1) is 6.20 Å². The predicted octanol–water partition coefficient (Wildman–Crippen LogP) is 0.184. The van der Waals surface area contributed by atoms with E-state index >= 15 is 0 Å². The third kappa shape index (κ3) is 1.69. The Balaban J connectivity index is 2.11. The Morgan fingerprint density at radius 1 is 1.06 bits per heavy atom. The Morgan fingerprint density at radius 3 is 2.59 bits per heavy atom. The first-order valence-electron chi connectivity index (χ1n) is 5.55. The van der Waals surface area contributed by atoms with Gasteiger partial charge in [0, 0.05) is 13.1 Å². The second kappa shape index (κ2) is 3.69. The van der Waals surface area contributed by atoms with Gasteiger partial charge in [-0.2, -0.15) is 9.97 Å². The highest BCUT2D eigenvalue weighted by molar-refractivity contribution is 5.82. The van der Waals surface area contributed by atoms with E-state index in [2.05, 4.69) is 24.8 Å². The number of aromatic nitrogens is 4. The van der Waals surface area contributed by atoms with Gasteiger partial charge < -0.3 is 16.4 Å². The molecule has 0 amide bonds. The van der Waals surface area contributed by atoms with Crippen LogP contribution in [-0.4, -0.2) is 33.0 Å². The van der Waals surface area contributed by atoms with Crippen LogP contribution in [0, 0.1) is 0 Å². The number of fused-ring (bicyclic) bond motifs is 1. The molecule has 4 N–H and O–H groups in total. The van der Waals surface area contributed by atoms with Crippen LogP contribution < -0.4 is 16.4 Å². The minimum Gasteiger partial charge on any atom is -0.382 e. The maximum atomic E-state index is 5.71. The number of nitrogen functional groups attached to an aromatic ring is 2. The molecule has 0 aromatic carbocycles. The van der Waals surface area contributed by atoms with E-state index in [4.69, 9.17) is 11.5 Å². The summed E-state index contributed by atoms with van der Waals surface area (Å²) in [5.41, 5.74) is 12.2. The molecule has 1 saturated heterocycles. The molecular formula is C10H13N7. The number of rotatable bonds is 1. The molecule has 1 aliphatic heterocycles. The standard InChI is InChI=1S/C10H13N7/c11-8-7-9(16-10(12)15-8)14-6(5-13-7)17-3-1-2-4-17/h5H,1-4H2,(H4,11,12,14,15,16). The summed E-state index contributed by atoms with van der Waals surface area (Å²) in [5, 5.41) is 0. The first-order valence-corrected chi connectivity index (χ1v) is 5.55. The van der Waals surface area contributed by atoms with Crippen molar-refractivity contribution in [3.63, 3.8) is 0 Å². The molecule has 0 bridgehead atoms. The molecule has 0 unspecified atom stereocenters. The van der Waals surface area contributed by atoms with Crippen LogP contribution >= 0.6 is 0 Å². The highest BCUT2D eigenvalue weighted by atomic mass is 15.2. The molecule has 0 saturated carbocycles. The summed E-state index contributed by atoms with van der Waals surface area (Å²) in [4.78, 5) is 18.8. The molecule has 3 rings (SSSR count). The Labute approximate surface area is 97.9 Å². The normalized spacial score (nSPS) is 15.6. The molecule has 2 aromatic heterocycles. The van der Waals surface area contributed by atoms with Crippen LogP contribution in [0.3, 0.4) is 0 Å². The average molecular weight is 231 g/mol. The summed E-state index contributed by atoms with van der Waals surface area (Å²) in [7, 11) is 0. The van der Waals surface area contributed by atoms with Crippen LogP contribution in [0.1, 0.15) is 12.8 Å². The molecule has 3 heterocycles. The SMILES string of the molecule is Nc1nc(N)c2ncc(N3CCCC3)nc2n1. The molecule has 1 aliphatic rings. The van der Waals surface area contributed by atoms with E-state index in [-0.39, 0.29) is 11.8 Å². The number of nitrogens with two attached hydrogens (primary N) is 2. The zero-order chi connectivity index (χ0) is 11.8. The van der Waals surface area contributed by atoms with Crippen molar-refractivity contribution in [1.29, 1.82) is 0 Å². The fourth-order valence-corrected chi connectivity index (χ4v) is 2.04. The minimum atomic E-state index is 0.128. The zero-order valence-electron chi connectivity index (χ0n) is 9.30. The molecule has 0 spiro atoms. The molecule has 2 aromatic rings. The third-order valence-electron chi connectivity index (χ3n) is 2.87. The highest BCUT2D eigenvalue weighted by Crippen LogP contribution is 2.21. The van der Waals surface area contributed by atoms with Gasteiger partial charge in [-0.1, -0.05) is 0 Å². The van der Waals surface area contributed by atoms with Gasteiger partial charge in [0.2, 0.25) is 5.95 Å². The van der Waals surface area contributed by atoms with Crippen molar-refractivity contribution >= 4 is 28.7 Å². The van der Waals surface area contributed by atoms with Crippen LogP contribution in [0.2, 0.25) is 0 Å². The fraction of sp³-hybridized carbons (Fsp3) is 0.400. The maximum Gasteiger partial charge on any atom is 0.224 e. The molecule has 17 heavy (non-hydrogen) atoms. The van der Waals surface area contributed by atoms with Crippen LogP contribution in [0.15, 0.2) is 6.20 Å².